The highest BCUT2D eigenvalue weighted by Gasteiger charge is 2.23. The maximum absolute atomic E-state index is 13.3. The molecule has 0 aliphatic carbocycles. The highest BCUT2D eigenvalue weighted by molar-refractivity contribution is 5.89. The lowest BCUT2D eigenvalue weighted by molar-refractivity contribution is 0.208. The molecule has 2 amide bonds. The van der Waals surface area contributed by atoms with Crippen LogP contribution in [-0.4, -0.2) is 60.2 Å². The molecule has 2 fully saturated rings. The van der Waals surface area contributed by atoms with Crippen LogP contribution in [0.25, 0.3) is 0 Å². The van der Waals surface area contributed by atoms with Gasteiger partial charge in [-0.05, 0) is 43.5 Å². The van der Waals surface area contributed by atoms with Crippen molar-refractivity contribution in [3.63, 3.8) is 0 Å². The molecule has 0 saturated carbocycles. The van der Waals surface area contributed by atoms with E-state index < -0.39 is 0 Å². The molecule has 3 heterocycles. The van der Waals surface area contributed by atoms with Crippen molar-refractivity contribution in [2.75, 3.05) is 54.4 Å². The summed E-state index contributed by atoms with van der Waals surface area (Å²) in [5, 5.41) is 2.76. The molecule has 148 valence electrons. The van der Waals surface area contributed by atoms with Crippen molar-refractivity contribution in [1.82, 2.24) is 14.9 Å². The number of piperidine rings is 1. The first-order valence-electron chi connectivity index (χ1n) is 9.83. The fourth-order valence-electron chi connectivity index (χ4n) is 3.67. The van der Waals surface area contributed by atoms with E-state index in [9.17, 15) is 9.18 Å². The first-order chi connectivity index (χ1) is 13.7. The van der Waals surface area contributed by atoms with Crippen LogP contribution in [0.1, 0.15) is 19.3 Å². The normalized spacial score (nSPS) is 17.5. The number of rotatable bonds is 3. The Morgan fingerprint density at radius 1 is 0.964 bits per heavy atom. The van der Waals surface area contributed by atoms with Crippen LogP contribution < -0.4 is 15.1 Å². The van der Waals surface area contributed by atoms with E-state index in [4.69, 9.17) is 4.98 Å². The summed E-state index contributed by atoms with van der Waals surface area (Å²) in [6, 6.07) is 7.65. The topological polar surface area (TPSA) is 64.6 Å². The summed E-state index contributed by atoms with van der Waals surface area (Å²) in [4.78, 5) is 27.8. The maximum Gasteiger partial charge on any atom is 0.321 e. The minimum atomic E-state index is -0.365. The molecular formula is C20H25FN6O. The monoisotopic (exact) mass is 384 g/mol. The number of nitrogens with one attached hydrogen (secondary N) is 1. The number of hydrogen-bond acceptors (Lipinski definition) is 5. The Balaban J connectivity index is 1.34. The van der Waals surface area contributed by atoms with Gasteiger partial charge < -0.3 is 20.0 Å². The Labute approximate surface area is 164 Å². The number of anilines is 3. The van der Waals surface area contributed by atoms with Crippen LogP contribution in [0.4, 0.5) is 26.6 Å². The van der Waals surface area contributed by atoms with Crippen molar-refractivity contribution in [3.8, 4) is 0 Å². The third kappa shape index (κ3) is 4.32. The lowest BCUT2D eigenvalue weighted by Crippen LogP contribution is -2.50. The van der Waals surface area contributed by atoms with E-state index in [0.29, 0.717) is 31.9 Å². The fourth-order valence-corrected chi connectivity index (χ4v) is 3.67. The number of carbonyl (C=O) groups excluding carboxylic acids is 1. The number of nitrogens with zero attached hydrogens (tertiary/aromatic N) is 5. The Hall–Kier alpha value is -2.90. The summed E-state index contributed by atoms with van der Waals surface area (Å²) < 4.78 is 13.3. The molecule has 8 heteroatoms. The van der Waals surface area contributed by atoms with Crippen LogP contribution in [0.3, 0.4) is 0 Å². The molecule has 2 aliphatic heterocycles. The van der Waals surface area contributed by atoms with Crippen molar-refractivity contribution < 1.29 is 9.18 Å². The number of urea groups is 1. The molecule has 1 aromatic carbocycles. The number of amides is 2. The van der Waals surface area contributed by atoms with E-state index in [0.717, 1.165) is 24.9 Å². The number of carbonyl (C=O) groups is 1. The Morgan fingerprint density at radius 2 is 1.75 bits per heavy atom. The van der Waals surface area contributed by atoms with Crippen LogP contribution in [0.5, 0.6) is 0 Å². The maximum atomic E-state index is 13.3. The second kappa shape index (κ2) is 8.41. The van der Waals surface area contributed by atoms with Gasteiger partial charge in [0.1, 0.15) is 11.6 Å². The quantitative estimate of drug-likeness (QED) is 0.881. The van der Waals surface area contributed by atoms with Crippen LogP contribution in [0, 0.1) is 5.82 Å². The van der Waals surface area contributed by atoms with Gasteiger partial charge in [-0.3, -0.25) is 0 Å². The van der Waals surface area contributed by atoms with Gasteiger partial charge in [0.2, 0.25) is 5.95 Å². The van der Waals surface area contributed by atoms with Crippen LogP contribution in [-0.2, 0) is 0 Å². The smallest absolute Gasteiger partial charge is 0.321 e. The predicted octanol–water partition coefficient (Wildman–Crippen LogP) is 2.96. The molecule has 7 nitrogen and oxygen atoms in total. The average Bonchev–Trinajstić information content (AvgIpc) is 2.75. The zero-order chi connectivity index (χ0) is 19.3. The summed E-state index contributed by atoms with van der Waals surface area (Å²) in [6.07, 6.45) is 5.46. The SMILES string of the molecule is O=C(Nc1cccc(F)c1)N1CCN(c2ccnc(N3CCCCC3)n2)CC1. The third-order valence-corrected chi connectivity index (χ3v) is 5.23. The summed E-state index contributed by atoms with van der Waals surface area (Å²) in [6.45, 7) is 4.60. The summed E-state index contributed by atoms with van der Waals surface area (Å²) in [5.41, 5.74) is 0.467. The Morgan fingerprint density at radius 3 is 2.50 bits per heavy atom. The van der Waals surface area contributed by atoms with E-state index in [1.54, 1.807) is 17.0 Å². The van der Waals surface area contributed by atoms with Gasteiger partial charge in [-0.1, -0.05) is 6.07 Å². The van der Waals surface area contributed by atoms with Gasteiger partial charge in [-0.2, -0.15) is 4.98 Å². The van der Waals surface area contributed by atoms with Gasteiger partial charge in [0.05, 0.1) is 0 Å². The first-order valence-corrected chi connectivity index (χ1v) is 9.83. The van der Waals surface area contributed by atoms with Gasteiger partial charge in [0, 0.05) is 51.2 Å². The van der Waals surface area contributed by atoms with E-state index in [-0.39, 0.29) is 11.8 Å². The third-order valence-electron chi connectivity index (χ3n) is 5.23. The Bertz CT molecular complexity index is 818. The molecule has 0 bridgehead atoms. The molecule has 1 N–H and O–H groups in total. The zero-order valence-corrected chi connectivity index (χ0v) is 15.9. The zero-order valence-electron chi connectivity index (χ0n) is 15.9. The lowest BCUT2D eigenvalue weighted by atomic mass is 10.1. The molecule has 28 heavy (non-hydrogen) atoms. The number of piperazine rings is 1. The highest BCUT2D eigenvalue weighted by atomic mass is 19.1. The van der Waals surface area contributed by atoms with Gasteiger partial charge in [0.25, 0.3) is 0 Å². The van der Waals surface area contributed by atoms with Gasteiger partial charge in [0.15, 0.2) is 0 Å². The second-order valence-corrected chi connectivity index (χ2v) is 7.18. The molecule has 0 unspecified atom stereocenters. The van der Waals surface area contributed by atoms with Crippen molar-refractivity contribution in [2.24, 2.45) is 0 Å². The number of aromatic nitrogens is 2. The van der Waals surface area contributed by atoms with Crippen molar-refractivity contribution in [1.29, 1.82) is 0 Å². The number of halogens is 1. The van der Waals surface area contributed by atoms with E-state index in [2.05, 4.69) is 20.1 Å². The van der Waals surface area contributed by atoms with Crippen LogP contribution in [0.15, 0.2) is 36.5 Å². The van der Waals surface area contributed by atoms with Crippen molar-refractivity contribution in [3.05, 3.63) is 42.3 Å². The van der Waals surface area contributed by atoms with Crippen LogP contribution >= 0.6 is 0 Å². The minimum Gasteiger partial charge on any atom is -0.353 e. The molecule has 2 saturated heterocycles. The van der Waals surface area contributed by atoms with Crippen molar-refractivity contribution in [2.45, 2.75) is 19.3 Å². The van der Waals surface area contributed by atoms with Gasteiger partial charge in [-0.25, -0.2) is 14.2 Å². The van der Waals surface area contributed by atoms with E-state index in [1.807, 2.05) is 12.3 Å². The lowest BCUT2D eigenvalue weighted by Gasteiger charge is -2.35. The molecule has 1 aromatic heterocycles. The second-order valence-electron chi connectivity index (χ2n) is 7.18. The standard InChI is InChI=1S/C20H25FN6O/c21-16-5-4-6-17(15-16)23-20(28)27-13-11-25(12-14-27)18-7-8-22-19(24-18)26-9-2-1-3-10-26/h4-8,15H,1-3,9-14H2,(H,23,28). The summed E-state index contributed by atoms with van der Waals surface area (Å²) in [7, 11) is 0. The summed E-state index contributed by atoms with van der Waals surface area (Å²) >= 11 is 0. The van der Waals surface area contributed by atoms with Crippen LogP contribution in [0.2, 0.25) is 0 Å². The fraction of sp³-hybridized carbons (Fsp3) is 0.450. The largest absolute Gasteiger partial charge is 0.353 e. The highest BCUT2D eigenvalue weighted by Crippen LogP contribution is 2.20. The summed E-state index contributed by atoms with van der Waals surface area (Å²) in [5.74, 6) is 1.33. The number of benzene rings is 1. The molecule has 4 rings (SSSR count). The minimum absolute atomic E-state index is 0.207. The first kappa shape index (κ1) is 18.5. The average molecular weight is 384 g/mol. The molecule has 0 spiro atoms. The van der Waals surface area contributed by atoms with Crippen molar-refractivity contribution >= 4 is 23.5 Å². The molecule has 0 radical (unpaired) electrons. The Kier molecular flexibility index (Phi) is 5.55. The molecule has 2 aliphatic rings. The molecule has 2 aromatic rings. The van der Waals surface area contributed by atoms with E-state index in [1.165, 1.54) is 31.4 Å². The van der Waals surface area contributed by atoms with E-state index >= 15 is 0 Å². The molecular weight excluding hydrogens is 359 g/mol. The van der Waals surface area contributed by atoms with Gasteiger partial charge >= 0.3 is 6.03 Å². The van der Waals surface area contributed by atoms with Gasteiger partial charge in [-0.15, -0.1) is 0 Å². The number of hydrogen-bond donors (Lipinski definition) is 1. The predicted molar refractivity (Wildman–Crippen MR) is 107 cm³/mol. The molecule has 0 atom stereocenters.